The molecule has 4 aliphatic carbocycles. The van der Waals surface area contributed by atoms with E-state index in [0.717, 1.165) is 37.2 Å². The Kier molecular flexibility index (Phi) is 4.36. The van der Waals surface area contributed by atoms with Crippen molar-refractivity contribution in [1.82, 2.24) is 0 Å². The smallest absolute Gasteiger partial charge is 0.0724 e. The third-order valence-corrected chi connectivity index (χ3v) is 8.53. The summed E-state index contributed by atoms with van der Waals surface area (Å²) in [6.07, 6.45) is 13.8. The number of hydrogen-bond acceptors (Lipinski definition) is 2. The molecule has 0 bridgehead atoms. The van der Waals surface area contributed by atoms with Gasteiger partial charge in [-0.25, -0.2) is 0 Å². The van der Waals surface area contributed by atoms with Gasteiger partial charge in [-0.1, -0.05) is 32.4 Å². The van der Waals surface area contributed by atoms with E-state index in [0.29, 0.717) is 16.9 Å². The van der Waals surface area contributed by atoms with Crippen LogP contribution >= 0.6 is 0 Å². The van der Waals surface area contributed by atoms with E-state index in [1.165, 1.54) is 44.9 Å². The van der Waals surface area contributed by atoms with Gasteiger partial charge in [0, 0.05) is 6.61 Å². The second-order valence-corrected chi connectivity index (χ2v) is 9.61. The molecule has 3 unspecified atom stereocenters. The molecule has 136 valence electrons. The van der Waals surface area contributed by atoms with Gasteiger partial charge in [0.1, 0.15) is 0 Å². The average molecular weight is 333 g/mol. The Bertz CT molecular complexity index is 512. The molecule has 4 rings (SSSR count). The monoisotopic (exact) mass is 332 g/mol. The van der Waals surface area contributed by atoms with Crippen molar-refractivity contribution in [2.45, 2.75) is 90.8 Å². The van der Waals surface area contributed by atoms with Gasteiger partial charge >= 0.3 is 0 Å². The average Bonchev–Trinajstić information content (AvgIpc) is 2.90. The Morgan fingerprint density at radius 1 is 1.08 bits per heavy atom. The van der Waals surface area contributed by atoms with E-state index in [-0.39, 0.29) is 6.10 Å². The van der Waals surface area contributed by atoms with E-state index in [1.807, 2.05) is 0 Å². The highest BCUT2D eigenvalue weighted by Gasteiger charge is 2.59. The molecule has 3 fully saturated rings. The molecular weight excluding hydrogens is 296 g/mol. The van der Waals surface area contributed by atoms with Crippen molar-refractivity contribution in [1.29, 1.82) is 0 Å². The molecule has 7 atom stereocenters. The van der Waals surface area contributed by atoms with Gasteiger partial charge in [-0.3, -0.25) is 0 Å². The molecule has 2 heteroatoms. The zero-order chi connectivity index (χ0) is 16.9. The van der Waals surface area contributed by atoms with Gasteiger partial charge in [-0.15, -0.1) is 0 Å². The van der Waals surface area contributed by atoms with Crippen molar-refractivity contribution in [3.63, 3.8) is 0 Å². The Balaban J connectivity index is 1.58. The summed E-state index contributed by atoms with van der Waals surface area (Å²) in [6, 6.07) is 0. The lowest BCUT2D eigenvalue weighted by molar-refractivity contribution is -0.0969. The number of aliphatic hydroxyl groups excluding tert-OH is 1. The van der Waals surface area contributed by atoms with E-state index in [4.69, 9.17) is 4.74 Å². The maximum Gasteiger partial charge on any atom is 0.0724 e. The van der Waals surface area contributed by atoms with Crippen LogP contribution in [0.4, 0.5) is 0 Å². The molecule has 1 N–H and O–H groups in total. The summed E-state index contributed by atoms with van der Waals surface area (Å²) in [5.41, 5.74) is 2.37. The molecule has 0 heterocycles. The minimum Gasteiger partial charge on any atom is -0.389 e. The maximum absolute atomic E-state index is 10.1. The van der Waals surface area contributed by atoms with E-state index < -0.39 is 0 Å². The Morgan fingerprint density at radius 3 is 2.71 bits per heavy atom. The summed E-state index contributed by atoms with van der Waals surface area (Å²) in [7, 11) is 0. The molecule has 0 saturated heterocycles. The molecule has 0 aromatic heterocycles. The molecule has 0 amide bonds. The second-order valence-electron chi connectivity index (χ2n) is 9.61. The fourth-order valence-corrected chi connectivity index (χ4v) is 7.20. The predicted octanol–water partition coefficient (Wildman–Crippen LogP) is 5.11. The highest BCUT2D eigenvalue weighted by Crippen LogP contribution is 2.65. The molecule has 0 spiro atoms. The van der Waals surface area contributed by atoms with Crippen molar-refractivity contribution >= 4 is 0 Å². The van der Waals surface area contributed by atoms with Crippen molar-refractivity contribution in [2.24, 2.45) is 28.6 Å². The standard InChI is InChI=1S/C22H36O2/c1-4-13-24-20-8-7-18-17-6-5-15-14-16(23)9-11-21(15,2)19(17)10-12-22(18,20)3/h14,16-20,23H,4-13H2,1-3H3/t16-,17?,18?,19?,20-,21-,22-/m0/s1. The lowest BCUT2D eigenvalue weighted by Crippen LogP contribution is -2.51. The first kappa shape index (κ1) is 17.1. The zero-order valence-electron chi connectivity index (χ0n) is 15.9. The summed E-state index contributed by atoms with van der Waals surface area (Å²) in [5.74, 6) is 2.59. The quantitative estimate of drug-likeness (QED) is 0.728. The fraction of sp³-hybridized carbons (Fsp3) is 0.909. The highest BCUT2D eigenvalue weighted by molar-refractivity contribution is 5.25. The van der Waals surface area contributed by atoms with Crippen LogP contribution in [-0.4, -0.2) is 23.9 Å². The van der Waals surface area contributed by atoms with Crippen LogP contribution in [-0.2, 0) is 4.74 Å². The van der Waals surface area contributed by atoms with Gasteiger partial charge in [-0.2, -0.15) is 0 Å². The fourth-order valence-electron chi connectivity index (χ4n) is 7.20. The van der Waals surface area contributed by atoms with Gasteiger partial charge in [-0.05, 0) is 86.4 Å². The molecular formula is C22H36O2. The van der Waals surface area contributed by atoms with Crippen LogP contribution in [0, 0.1) is 28.6 Å². The van der Waals surface area contributed by atoms with Gasteiger partial charge in [0.15, 0.2) is 0 Å². The molecule has 0 aromatic rings. The maximum atomic E-state index is 10.1. The molecule has 0 radical (unpaired) electrons. The first-order valence-electron chi connectivity index (χ1n) is 10.5. The van der Waals surface area contributed by atoms with Crippen LogP contribution in [0.25, 0.3) is 0 Å². The predicted molar refractivity (Wildman–Crippen MR) is 97.7 cm³/mol. The van der Waals surface area contributed by atoms with Crippen LogP contribution in [0.3, 0.4) is 0 Å². The number of hydrogen-bond donors (Lipinski definition) is 1. The van der Waals surface area contributed by atoms with Gasteiger partial charge < -0.3 is 9.84 Å². The summed E-state index contributed by atoms with van der Waals surface area (Å²) < 4.78 is 6.31. The third-order valence-electron chi connectivity index (χ3n) is 8.53. The van der Waals surface area contributed by atoms with Crippen molar-refractivity contribution < 1.29 is 9.84 Å². The summed E-state index contributed by atoms with van der Waals surface area (Å²) in [4.78, 5) is 0. The second kappa shape index (κ2) is 6.13. The van der Waals surface area contributed by atoms with E-state index in [9.17, 15) is 5.11 Å². The number of aliphatic hydroxyl groups is 1. The minimum atomic E-state index is -0.184. The zero-order valence-corrected chi connectivity index (χ0v) is 15.9. The number of allylic oxidation sites excluding steroid dienone is 1. The normalized spacial score (nSPS) is 50.7. The van der Waals surface area contributed by atoms with Crippen LogP contribution in [0.1, 0.15) is 78.6 Å². The molecule has 2 nitrogen and oxygen atoms in total. The molecule has 24 heavy (non-hydrogen) atoms. The summed E-state index contributed by atoms with van der Waals surface area (Å²) >= 11 is 0. The van der Waals surface area contributed by atoms with Gasteiger partial charge in [0.2, 0.25) is 0 Å². The van der Waals surface area contributed by atoms with E-state index in [2.05, 4.69) is 26.8 Å². The molecule has 0 aliphatic heterocycles. The summed E-state index contributed by atoms with van der Waals surface area (Å²) in [6.45, 7) is 8.21. The first-order valence-corrected chi connectivity index (χ1v) is 10.5. The SMILES string of the molecule is CCCO[C@H]1CCC2C3CCC4=C[C@@H](O)CC[C@]4(C)C3CC[C@@]21C. The lowest BCUT2D eigenvalue weighted by Gasteiger charge is -2.58. The minimum absolute atomic E-state index is 0.184. The largest absolute Gasteiger partial charge is 0.389 e. The summed E-state index contributed by atoms with van der Waals surface area (Å²) in [5, 5.41) is 10.1. The van der Waals surface area contributed by atoms with Gasteiger partial charge in [0.05, 0.1) is 12.2 Å². The molecule has 3 saturated carbocycles. The number of rotatable bonds is 3. The van der Waals surface area contributed by atoms with Crippen LogP contribution in [0.15, 0.2) is 11.6 Å². The topological polar surface area (TPSA) is 29.5 Å². The Labute approximate surface area is 148 Å². The Morgan fingerprint density at radius 2 is 1.92 bits per heavy atom. The third kappa shape index (κ3) is 2.43. The molecule has 4 aliphatic rings. The van der Waals surface area contributed by atoms with Crippen molar-refractivity contribution in [3.8, 4) is 0 Å². The van der Waals surface area contributed by atoms with Crippen molar-refractivity contribution in [2.75, 3.05) is 6.61 Å². The van der Waals surface area contributed by atoms with Crippen molar-refractivity contribution in [3.05, 3.63) is 11.6 Å². The lowest BCUT2D eigenvalue weighted by atomic mass is 9.47. The van der Waals surface area contributed by atoms with E-state index >= 15 is 0 Å². The van der Waals surface area contributed by atoms with Gasteiger partial charge in [0.25, 0.3) is 0 Å². The van der Waals surface area contributed by atoms with E-state index in [1.54, 1.807) is 5.57 Å². The Hall–Kier alpha value is -0.340. The molecule has 0 aromatic carbocycles. The van der Waals surface area contributed by atoms with Crippen LogP contribution < -0.4 is 0 Å². The van der Waals surface area contributed by atoms with Crippen LogP contribution in [0.2, 0.25) is 0 Å². The number of fused-ring (bicyclic) bond motifs is 5. The number of ether oxygens (including phenoxy) is 1. The first-order chi connectivity index (χ1) is 11.5. The highest BCUT2D eigenvalue weighted by atomic mass is 16.5. The van der Waals surface area contributed by atoms with Crippen LogP contribution in [0.5, 0.6) is 0 Å².